The van der Waals surface area contributed by atoms with Crippen molar-refractivity contribution in [3.8, 4) is 0 Å². The molecule has 1 aliphatic heterocycles. The Morgan fingerprint density at radius 1 is 1.44 bits per heavy atom. The molecule has 3 rings (SSSR count). The van der Waals surface area contributed by atoms with Crippen molar-refractivity contribution in [2.24, 2.45) is 0 Å². The van der Waals surface area contributed by atoms with Crippen LogP contribution in [0.4, 0.5) is 0 Å². The zero-order valence-electron chi connectivity index (χ0n) is 11.0. The minimum absolute atomic E-state index is 0.331. The summed E-state index contributed by atoms with van der Waals surface area (Å²) in [5.74, 6) is 0. The van der Waals surface area contributed by atoms with Crippen molar-refractivity contribution in [1.82, 2.24) is 14.3 Å². The van der Waals surface area contributed by atoms with Gasteiger partial charge >= 0.3 is 0 Å². The summed E-state index contributed by atoms with van der Waals surface area (Å²) in [6, 6.07) is 6.21. The van der Waals surface area contributed by atoms with E-state index in [1.807, 2.05) is 0 Å². The van der Waals surface area contributed by atoms with Gasteiger partial charge < -0.3 is 9.14 Å². The van der Waals surface area contributed by atoms with E-state index in [1.165, 1.54) is 5.69 Å². The van der Waals surface area contributed by atoms with Crippen LogP contribution in [0, 0.1) is 6.92 Å². The molecular formula is C14H19N3O. The first-order chi connectivity index (χ1) is 8.72. The van der Waals surface area contributed by atoms with E-state index in [9.17, 15) is 0 Å². The maximum Gasteiger partial charge on any atom is 0.137 e. The van der Waals surface area contributed by atoms with Crippen LogP contribution in [0.15, 0.2) is 24.4 Å². The normalized spacial score (nSPS) is 21.6. The third-order valence-corrected chi connectivity index (χ3v) is 3.46. The van der Waals surface area contributed by atoms with Gasteiger partial charge in [-0.15, -0.1) is 0 Å². The number of aryl methyl sites for hydroxylation is 1. The SMILES string of the molecule is Cc1cccc2nc(CN3CCO[C@H](C)C3)cn12. The van der Waals surface area contributed by atoms with Crippen molar-refractivity contribution in [3.05, 3.63) is 35.8 Å². The average Bonchev–Trinajstić information content (AvgIpc) is 2.73. The van der Waals surface area contributed by atoms with E-state index in [0.717, 1.165) is 37.6 Å². The molecule has 1 aliphatic rings. The van der Waals surface area contributed by atoms with Crippen molar-refractivity contribution in [2.75, 3.05) is 19.7 Å². The lowest BCUT2D eigenvalue weighted by Crippen LogP contribution is -2.40. The summed E-state index contributed by atoms with van der Waals surface area (Å²) in [5.41, 5.74) is 3.39. The molecule has 1 saturated heterocycles. The Labute approximate surface area is 107 Å². The first-order valence-electron chi connectivity index (χ1n) is 6.50. The fourth-order valence-corrected chi connectivity index (χ4v) is 2.54. The summed E-state index contributed by atoms with van der Waals surface area (Å²) in [7, 11) is 0. The van der Waals surface area contributed by atoms with Crippen LogP contribution in [0.25, 0.3) is 5.65 Å². The number of aromatic nitrogens is 2. The molecule has 0 aromatic carbocycles. The number of nitrogens with zero attached hydrogens (tertiary/aromatic N) is 3. The van der Waals surface area contributed by atoms with Crippen LogP contribution in [0.2, 0.25) is 0 Å². The predicted octanol–water partition coefficient (Wildman–Crippen LogP) is 1.86. The molecule has 18 heavy (non-hydrogen) atoms. The van der Waals surface area contributed by atoms with Gasteiger partial charge in [0.2, 0.25) is 0 Å². The van der Waals surface area contributed by atoms with Crippen molar-refractivity contribution < 1.29 is 4.74 Å². The van der Waals surface area contributed by atoms with Crippen LogP contribution in [0.5, 0.6) is 0 Å². The van der Waals surface area contributed by atoms with Crippen LogP contribution in [0.3, 0.4) is 0 Å². The Balaban J connectivity index is 1.80. The van der Waals surface area contributed by atoms with Crippen molar-refractivity contribution in [3.63, 3.8) is 0 Å². The summed E-state index contributed by atoms with van der Waals surface area (Å²) in [6.07, 6.45) is 2.47. The summed E-state index contributed by atoms with van der Waals surface area (Å²) in [5, 5.41) is 0. The molecule has 0 aliphatic carbocycles. The predicted molar refractivity (Wildman–Crippen MR) is 70.6 cm³/mol. The highest BCUT2D eigenvalue weighted by atomic mass is 16.5. The van der Waals surface area contributed by atoms with Gasteiger partial charge in [-0.3, -0.25) is 4.90 Å². The van der Waals surface area contributed by atoms with Gasteiger partial charge in [0, 0.05) is 31.5 Å². The van der Waals surface area contributed by atoms with Crippen LogP contribution in [-0.2, 0) is 11.3 Å². The van der Waals surface area contributed by atoms with Gasteiger partial charge in [0.25, 0.3) is 0 Å². The number of ether oxygens (including phenoxy) is 1. The number of hydrogen-bond acceptors (Lipinski definition) is 3. The second kappa shape index (κ2) is 4.71. The summed E-state index contributed by atoms with van der Waals surface area (Å²) in [6.45, 7) is 7.96. The Morgan fingerprint density at radius 3 is 3.11 bits per heavy atom. The summed E-state index contributed by atoms with van der Waals surface area (Å²) >= 11 is 0. The second-order valence-corrected chi connectivity index (χ2v) is 5.04. The molecule has 0 unspecified atom stereocenters. The Hall–Kier alpha value is -1.39. The van der Waals surface area contributed by atoms with Crippen LogP contribution in [-0.4, -0.2) is 40.1 Å². The minimum atomic E-state index is 0.331. The van der Waals surface area contributed by atoms with Gasteiger partial charge in [-0.25, -0.2) is 4.98 Å². The van der Waals surface area contributed by atoms with Gasteiger partial charge in [0.1, 0.15) is 5.65 Å². The molecule has 2 aromatic rings. The van der Waals surface area contributed by atoms with Crippen LogP contribution >= 0.6 is 0 Å². The van der Waals surface area contributed by atoms with Gasteiger partial charge in [-0.2, -0.15) is 0 Å². The first-order valence-corrected chi connectivity index (χ1v) is 6.50. The van der Waals surface area contributed by atoms with Crippen LogP contribution < -0.4 is 0 Å². The molecule has 0 spiro atoms. The molecule has 0 amide bonds. The molecule has 3 heterocycles. The van der Waals surface area contributed by atoms with Gasteiger partial charge in [0.05, 0.1) is 18.4 Å². The van der Waals surface area contributed by atoms with Crippen molar-refractivity contribution in [2.45, 2.75) is 26.5 Å². The van der Waals surface area contributed by atoms with Crippen LogP contribution in [0.1, 0.15) is 18.3 Å². The standard InChI is InChI=1S/C14H19N3O/c1-11-4-3-5-14-15-13(10-17(11)14)9-16-6-7-18-12(2)8-16/h3-5,10,12H,6-9H2,1-2H3/t12-/m1/s1. The highest BCUT2D eigenvalue weighted by Gasteiger charge is 2.17. The van der Waals surface area contributed by atoms with E-state index >= 15 is 0 Å². The molecule has 96 valence electrons. The number of hydrogen-bond donors (Lipinski definition) is 0. The molecule has 4 nitrogen and oxygen atoms in total. The van der Waals surface area contributed by atoms with E-state index in [1.54, 1.807) is 0 Å². The molecule has 2 aromatic heterocycles. The lowest BCUT2D eigenvalue weighted by Gasteiger charge is -2.30. The Kier molecular flexibility index (Phi) is 3.06. The molecule has 0 bridgehead atoms. The molecule has 1 atom stereocenters. The average molecular weight is 245 g/mol. The van der Waals surface area contributed by atoms with Gasteiger partial charge in [-0.1, -0.05) is 6.07 Å². The number of fused-ring (bicyclic) bond motifs is 1. The largest absolute Gasteiger partial charge is 0.376 e. The monoisotopic (exact) mass is 245 g/mol. The first kappa shape index (κ1) is 11.7. The fourth-order valence-electron chi connectivity index (χ4n) is 2.54. The zero-order chi connectivity index (χ0) is 12.5. The number of pyridine rings is 1. The third kappa shape index (κ3) is 2.26. The van der Waals surface area contributed by atoms with E-state index < -0.39 is 0 Å². The van der Waals surface area contributed by atoms with Crippen molar-refractivity contribution in [1.29, 1.82) is 0 Å². The summed E-state index contributed by atoms with van der Waals surface area (Å²) < 4.78 is 7.71. The second-order valence-electron chi connectivity index (χ2n) is 5.04. The highest BCUT2D eigenvalue weighted by molar-refractivity contribution is 5.41. The zero-order valence-corrected chi connectivity index (χ0v) is 11.0. The van der Waals surface area contributed by atoms with E-state index in [4.69, 9.17) is 4.74 Å². The smallest absolute Gasteiger partial charge is 0.137 e. The van der Waals surface area contributed by atoms with Crippen molar-refractivity contribution >= 4 is 5.65 Å². The molecule has 1 fully saturated rings. The maximum absolute atomic E-state index is 5.56. The molecule has 0 N–H and O–H groups in total. The Morgan fingerprint density at radius 2 is 2.33 bits per heavy atom. The number of imidazole rings is 1. The lowest BCUT2D eigenvalue weighted by atomic mass is 10.3. The molecular weight excluding hydrogens is 226 g/mol. The third-order valence-electron chi connectivity index (χ3n) is 3.46. The number of rotatable bonds is 2. The topological polar surface area (TPSA) is 29.8 Å². The Bertz CT molecular complexity index is 549. The molecule has 4 heteroatoms. The van der Waals surface area contributed by atoms with E-state index in [0.29, 0.717) is 6.10 Å². The summed E-state index contributed by atoms with van der Waals surface area (Å²) in [4.78, 5) is 7.08. The molecule has 0 radical (unpaired) electrons. The van der Waals surface area contributed by atoms with E-state index in [-0.39, 0.29) is 0 Å². The molecule has 0 saturated carbocycles. The number of morpholine rings is 1. The minimum Gasteiger partial charge on any atom is -0.376 e. The highest BCUT2D eigenvalue weighted by Crippen LogP contribution is 2.12. The lowest BCUT2D eigenvalue weighted by molar-refractivity contribution is -0.0215. The quantitative estimate of drug-likeness (QED) is 0.809. The van der Waals surface area contributed by atoms with Gasteiger partial charge in [-0.05, 0) is 26.0 Å². The fraction of sp³-hybridized carbons (Fsp3) is 0.500. The van der Waals surface area contributed by atoms with E-state index in [2.05, 4.69) is 52.5 Å². The maximum atomic E-state index is 5.56. The van der Waals surface area contributed by atoms with Gasteiger partial charge in [0.15, 0.2) is 0 Å².